The highest BCUT2D eigenvalue weighted by Crippen LogP contribution is 2.14. The molecule has 3 aromatic rings. The van der Waals surface area contributed by atoms with Crippen molar-refractivity contribution in [1.29, 1.82) is 0 Å². The van der Waals surface area contributed by atoms with Gasteiger partial charge in [-0.3, -0.25) is 14.9 Å². The van der Waals surface area contributed by atoms with Gasteiger partial charge in [-0.1, -0.05) is 12.1 Å². The molecule has 146 valence electrons. The summed E-state index contributed by atoms with van der Waals surface area (Å²) < 4.78 is 13.0. The highest BCUT2D eigenvalue weighted by atomic mass is 32.1. The molecule has 8 heteroatoms. The van der Waals surface area contributed by atoms with Gasteiger partial charge in [-0.15, -0.1) is 11.3 Å². The van der Waals surface area contributed by atoms with Crippen molar-refractivity contribution in [1.82, 2.24) is 5.32 Å². The Hall–Kier alpha value is -3.36. The Morgan fingerprint density at radius 3 is 2.48 bits per heavy atom. The van der Waals surface area contributed by atoms with E-state index in [1.54, 1.807) is 30.3 Å². The molecule has 0 fully saturated rings. The Bertz CT molecular complexity index is 1050. The van der Waals surface area contributed by atoms with E-state index in [-0.39, 0.29) is 22.7 Å². The van der Waals surface area contributed by atoms with Crippen LogP contribution in [-0.4, -0.2) is 16.9 Å². The van der Waals surface area contributed by atoms with Crippen LogP contribution < -0.4 is 16.0 Å². The van der Waals surface area contributed by atoms with E-state index in [1.165, 1.54) is 41.7 Å². The lowest BCUT2D eigenvalue weighted by Crippen LogP contribution is -2.32. The predicted molar refractivity (Wildman–Crippen MR) is 119 cm³/mol. The normalized spacial score (nSPS) is 10.5. The van der Waals surface area contributed by atoms with E-state index in [4.69, 9.17) is 12.2 Å². The zero-order valence-electron chi connectivity index (χ0n) is 15.0. The second kappa shape index (κ2) is 9.72. The maximum absolute atomic E-state index is 13.0. The smallest absolute Gasteiger partial charge is 0.255 e. The molecule has 0 radical (unpaired) electrons. The molecule has 0 aliphatic carbocycles. The Morgan fingerprint density at radius 2 is 1.76 bits per heavy atom. The number of carbonyl (C=O) groups excluding carboxylic acids is 2. The number of thiocarbonyl (C=S) groups is 1. The van der Waals surface area contributed by atoms with E-state index in [1.807, 2.05) is 17.5 Å². The van der Waals surface area contributed by atoms with Crippen LogP contribution >= 0.6 is 23.6 Å². The lowest BCUT2D eigenvalue weighted by molar-refractivity contribution is -0.115. The zero-order valence-corrected chi connectivity index (χ0v) is 16.6. The summed E-state index contributed by atoms with van der Waals surface area (Å²) in [5.41, 5.74) is 1.41. The molecule has 0 aliphatic rings. The molecule has 0 saturated carbocycles. The number of thiophene rings is 1. The van der Waals surface area contributed by atoms with Gasteiger partial charge in [0, 0.05) is 27.9 Å². The molecule has 1 aromatic heterocycles. The molecule has 2 amide bonds. The van der Waals surface area contributed by atoms with Crippen molar-refractivity contribution in [2.45, 2.75) is 0 Å². The Morgan fingerprint density at radius 1 is 0.966 bits per heavy atom. The average molecular weight is 426 g/mol. The minimum absolute atomic E-state index is 0.113. The molecule has 0 aliphatic heterocycles. The Labute approximate surface area is 176 Å². The first-order valence-corrected chi connectivity index (χ1v) is 9.79. The highest BCUT2D eigenvalue weighted by molar-refractivity contribution is 7.80. The van der Waals surface area contributed by atoms with Crippen LogP contribution in [0.1, 0.15) is 15.2 Å². The second-order valence-corrected chi connectivity index (χ2v) is 7.22. The van der Waals surface area contributed by atoms with Crippen molar-refractivity contribution in [3.8, 4) is 0 Å². The molecule has 2 aromatic carbocycles. The molecule has 3 rings (SSSR count). The lowest BCUT2D eigenvalue weighted by atomic mass is 10.2. The quantitative estimate of drug-likeness (QED) is 0.411. The van der Waals surface area contributed by atoms with E-state index < -0.39 is 0 Å². The lowest BCUT2D eigenvalue weighted by Gasteiger charge is -2.10. The molecule has 0 bridgehead atoms. The van der Waals surface area contributed by atoms with Crippen LogP contribution in [0.15, 0.2) is 72.1 Å². The number of benzene rings is 2. The number of anilines is 2. The number of halogens is 1. The fourth-order valence-corrected chi connectivity index (χ4v) is 3.17. The molecule has 3 N–H and O–H groups in total. The van der Waals surface area contributed by atoms with Gasteiger partial charge in [0.05, 0.1) is 0 Å². The first-order chi connectivity index (χ1) is 14.0. The van der Waals surface area contributed by atoms with Crippen LogP contribution in [0.4, 0.5) is 15.8 Å². The second-order valence-electron chi connectivity index (χ2n) is 5.83. The summed E-state index contributed by atoms with van der Waals surface area (Å²) in [6.45, 7) is 0. The third kappa shape index (κ3) is 6.34. The van der Waals surface area contributed by atoms with Crippen molar-refractivity contribution in [2.75, 3.05) is 10.6 Å². The minimum atomic E-state index is -0.380. The van der Waals surface area contributed by atoms with Gasteiger partial charge in [0.2, 0.25) is 5.91 Å². The first kappa shape index (κ1) is 20.4. The van der Waals surface area contributed by atoms with Gasteiger partial charge >= 0.3 is 0 Å². The average Bonchev–Trinajstić information content (AvgIpc) is 3.22. The van der Waals surface area contributed by atoms with Crippen LogP contribution in [-0.2, 0) is 4.79 Å². The van der Waals surface area contributed by atoms with Gasteiger partial charge < -0.3 is 10.6 Å². The van der Waals surface area contributed by atoms with Gasteiger partial charge in [-0.25, -0.2) is 4.39 Å². The van der Waals surface area contributed by atoms with E-state index >= 15 is 0 Å². The zero-order chi connectivity index (χ0) is 20.6. The maximum atomic E-state index is 13.0. The van der Waals surface area contributed by atoms with Gasteiger partial charge in [0.1, 0.15) is 5.82 Å². The van der Waals surface area contributed by atoms with E-state index in [0.717, 1.165) is 4.88 Å². The van der Waals surface area contributed by atoms with Crippen molar-refractivity contribution < 1.29 is 14.0 Å². The molecule has 0 saturated heterocycles. The monoisotopic (exact) mass is 425 g/mol. The minimum Gasteiger partial charge on any atom is -0.332 e. The highest BCUT2D eigenvalue weighted by Gasteiger charge is 2.08. The van der Waals surface area contributed by atoms with Gasteiger partial charge in [0.25, 0.3) is 5.91 Å². The Kier molecular flexibility index (Phi) is 6.83. The van der Waals surface area contributed by atoms with Crippen LogP contribution in [0.2, 0.25) is 0 Å². The summed E-state index contributed by atoms with van der Waals surface area (Å²) >= 11 is 6.66. The molecule has 5 nitrogen and oxygen atoms in total. The van der Waals surface area contributed by atoms with Crippen molar-refractivity contribution >= 4 is 57.9 Å². The van der Waals surface area contributed by atoms with Gasteiger partial charge in [0.15, 0.2) is 5.11 Å². The predicted octanol–water partition coefficient (Wildman–Crippen LogP) is 4.67. The summed E-state index contributed by atoms with van der Waals surface area (Å²) in [5.74, 6) is -1.09. The summed E-state index contributed by atoms with van der Waals surface area (Å²) in [6.07, 6.45) is 3.09. The summed E-state index contributed by atoms with van der Waals surface area (Å²) in [6, 6.07) is 15.9. The van der Waals surface area contributed by atoms with Crippen LogP contribution in [0.3, 0.4) is 0 Å². The number of rotatable bonds is 5. The van der Waals surface area contributed by atoms with E-state index in [9.17, 15) is 14.0 Å². The van der Waals surface area contributed by atoms with Crippen molar-refractivity contribution in [3.63, 3.8) is 0 Å². The standard InChI is InChI=1S/C21H16FN3O2S2/c22-15-6-8-16(9-7-15)23-20(27)14-3-1-4-17(13-14)24-21(28)25-19(26)11-10-18-5-2-12-29-18/h1-13H,(H,23,27)(H2,24,25,26,28)/b11-10+. The van der Waals surface area contributed by atoms with Crippen LogP contribution in [0, 0.1) is 5.82 Å². The molecular formula is C21H16FN3O2S2. The fourth-order valence-electron chi connectivity index (χ4n) is 2.33. The van der Waals surface area contributed by atoms with Crippen molar-refractivity contribution in [2.24, 2.45) is 0 Å². The fraction of sp³-hybridized carbons (Fsp3) is 0. The third-order valence-corrected chi connectivity index (χ3v) is 4.71. The topological polar surface area (TPSA) is 70.2 Å². The third-order valence-electron chi connectivity index (χ3n) is 3.66. The van der Waals surface area contributed by atoms with Crippen LogP contribution in [0.5, 0.6) is 0 Å². The summed E-state index contributed by atoms with van der Waals surface area (Å²) in [4.78, 5) is 25.3. The van der Waals surface area contributed by atoms with Gasteiger partial charge in [-0.05, 0) is 72.2 Å². The summed E-state index contributed by atoms with van der Waals surface area (Å²) in [5, 5.41) is 10.1. The number of hydrogen-bond donors (Lipinski definition) is 3. The van der Waals surface area contributed by atoms with Gasteiger partial charge in [-0.2, -0.15) is 0 Å². The largest absolute Gasteiger partial charge is 0.332 e. The molecule has 0 unspecified atom stereocenters. The maximum Gasteiger partial charge on any atom is 0.255 e. The first-order valence-electron chi connectivity index (χ1n) is 8.50. The SMILES string of the molecule is O=C(/C=C/c1cccs1)NC(=S)Nc1cccc(C(=O)Nc2ccc(F)cc2)c1. The summed E-state index contributed by atoms with van der Waals surface area (Å²) in [7, 11) is 0. The molecule has 0 atom stereocenters. The number of hydrogen-bond acceptors (Lipinski definition) is 4. The van der Waals surface area contributed by atoms with E-state index in [0.29, 0.717) is 16.9 Å². The number of nitrogens with one attached hydrogen (secondary N) is 3. The molecule has 29 heavy (non-hydrogen) atoms. The number of amides is 2. The molecular weight excluding hydrogens is 409 g/mol. The number of carbonyl (C=O) groups is 2. The van der Waals surface area contributed by atoms with E-state index in [2.05, 4.69) is 16.0 Å². The molecule has 0 spiro atoms. The molecule has 1 heterocycles. The van der Waals surface area contributed by atoms with Crippen LogP contribution in [0.25, 0.3) is 6.08 Å². The van der Waals surface area contributed by atoms with Crippen molar-refractivity contribution in [3.05, 3.63) is 88.4 Å². The Balaban J connectivity index is 1.57.